The molecule has 0 aromatic carbocycles. The molecular weight excluding hydrogens is 1050 g/mol. The van der Waals surface area contributed by atoms with E-state index in [4.69, 9.17) is 24.3 Å². The molecule has 0 spiro atoms. The van der Waals surface area contributed by atoms with Crippen LogP contribution in [0.2, 0.25) is 0 Å². The molecule has 0 aliphatic rings. The van der Waals surface area contributed by atoms with Gasteiger partial charge in [-0.3, -0.25) is 18.6 Å². The molecule has 0 heterocycles. The van der Waals surface area contributed by atoms with Gasteiger partial charge in [0.2, 0.25) is 0 Å². The van der Waals surface area contributed by atoms with E-state index >= 15 is 0 Å². The summed E-state index contributed by atoms with van der Waals surface area (Å²) < 4.78 is 33.2. The second-order valence-electron chi connectivity index (χ2n) is 23.0. The van der Waals surface area contributed by atoms with Crippen LogP contribution in [-0.2, 0) is 32.7 Å². The zero-order chi connectivity index (χ0) is 60.1. The molecule has 0 saturated carbocycles. The Morgan fingerprint density at radius 3 is 0.988 bits per heavy atom. The van der Waals surface area contributed by atoms with Crippen LogP contribution in [0.4, 0.5) is 0 Å². The number of allylic oxidation sites excluding steroid dienone is 16. The van der Waals surface area contributed by atoms with E-state index in [2.05, 4.69) is 111 Å². The highest BCUT2D eigenvalue weighted by Crippen LogP contribution is 2.43. The summed E-state index contributed by atoms with van der Waals surface area (Å²) in [5, 5.41) is 0. The molecule has 0 radical (unpaired) electrons. The SMILES string of the molecule is CC/C=C\C/C=C\C/C=C\C/C=C\C/C=C\CCCCCCCCCCCCCCCCCCCCCCCC(=O)OC(COC(=O)CCCCCCCCCCCC/C=C\C/C=C\C/C=C\CCCCCCC)COP(=O)(O)OCCN. The summed E-state index contributed by atoms with van der Waals surface area (Å²) in [7, 11) is -4.40. The van der Waals surface area contributed by atoms with Crippen LogP contribution in [-0.4, -0.2) is 49.3 Å². The number of phosphoric ester groups is 1. The van der Waals surface area contributed by atoms with Crippen LogP contribution in [0.3, 0.4) is 0 Å². The van der Waals surface area contributed by atoms with E-state index in [0.29, 0.717) is 6.42 Å². The van der Waals surface area contributed by atoms with E-state index in [1.165, 1.54) is 205 Å². The van der Waals surface area contributed by atoms with Gasteiger partial charge in [0.25, 0.3) is 0 Å². The summed E-state index contributed by atoms with van der Waals surface area (Å²) in [4.78, 5) is 35.3. The standard InChI is InChI=1S/C73H130NO8P/c1-3-5-7-9-11-13-15-17-19-21-23-25-27-29-30-31-32-33-34-35-36-37-38-39-40-42-44-46-48-50-52-54-56-58-60-62-64-66-73(76)82-71(70-81-83(77,78)80-68-67-74)69-79-72(75)65-63-61-59-57-55-53-51-49-47-45-43-41-28-26-24-22-20-18-16-14-12-10-8-6-4-2/h5,7,11,13,16-19,22-25,28-30,41,71H,3-4,6,8-10,12,14-15,20-21,26-27,31-40,42-70,74H2,1-2H3,(H,77,78)/b7-5-,13-11-,18-16-,19-17-,24-22-,25-23-,30-29-,41-28-. The van der Waals surface area contributed by atoms with Crippen molar-refractivity contribution in [3.8, 4) is 0 Å². The average Bonchev–Trinajstić information content (AvgIpc) is 3.49. The number of hydrogen-bond donors (Lipinski definition) is 2. The predicted octanol–water partition coefficient (Wildman–Crippen LogP) is 22.7. The van der Waals surface area contributed by atoms with E-state index in [1.54, 1.807) is 0 Å². The number of nitrogens with two attached hydrogens (primary N) is 1. The van der Waals surface area contributed by atoms with Crippen molar-refractivity contribution in [1.82, 2.24) is 0 Å². The summed E-state index contributed by atoms with van der Waals surface area (Å²) in [6.07, 6.45) is 92.1. The van der Waals surface area contributed by atoms with Crippen LogP contribution in [0.25, 0.3) is 0 Å². The first-order valence-corrected chi connectivity index (χ1v) is 36.2. The molecular formula is C73H130NO8P. The Labute approximate surface area is 512 Å². The van der Waals surface area contributed by atoms with Crippen LogP contribution in [0, 0.1) is 0 Å². The lowest BCUT2D eigenvalue weighted by Crippen LogP contribution is -2.29. The van der Waals surface area contributed by atoms with Crippen molar-refractivity contribution < 1.29 is 37.6 Å². The molecule has 0 saturated heterocycles. The van der Waals surface area contributed by atoms with Crippen molar-refractivity contribution in [3.05, 3.63) is 97.2 Å². The highest BCUT2D eigenvalue weighted by atomic mass is 31.2. The Balaban J connectivity index is 3.85. The van der Waals surface area contributed by atoms with Gasteiger partial charge >= 0.3 is 19.8 Å². The van der Waals surface area contributed by atoms with E-state index in [-0.39, 0.29) is 38.6 Å². The monoisotopic (exact) mass is 1180 g/mol. The van der Waals surface area contributed by atoms with Gasteiger partial charge in [-0.1, -0.05) is 310 Å². The molecule has 2 atom stereocenters. The number of rotatable bonds is 65. The van der Waals surface area contributed by atoms with Gasteiger partial charge in [-0.25, -0.2) is 4.57 Å². The fourth-order valence-electron chi connectivity index (χ4n) is 9.85. The van der Waals surface area contributed by atoms with Gasteiger partial charge in [0, 0.05) is 19.4 Å². The molecule has 3 N–H and O–H groups in total. The number of esters is 2. The number of carbonyl (C=O) groups is 2. The van der Waals surface area contributed by atoms with Crippen molar-refractivity contribution in [3.63, 3.8) is 0 Å². The van der Waals surface area contributed by atoms with Gasteiger partial charge in [-0.15, -0.1) is 0 Å². The molecule has 0 rings (SSSR count). The van der Waals surface area contributed by atoms with Gasteiger partial charge in [0.05, 0.1) is 13.2 Å². The second kappa shape index (κ2) is 68.0. The fraction of sp³-hybridized carbons (Fsp3) is 0.753. The second-order valence-corrected chi connectivity index (χ2v) is 24.5. The summed E-state index contributed by atoms with van der Waals surface area (Å²) in [6.45, 7) is 3.65. The molecule has 83 heavy (non-hydrogen) atoms. The lowest BCUT2D eigenvalue weighted by atomic mass is 10.0. The lowest BCUT2D eigenvalue weighted by molar-refractivity contribution is -0.161. The molecule has 9 nitrogen and oxygen atoms in total. The van der Waals surface area contributed by atoms with E-state index in [1.807, 2.05) is 0 Å². The predicted molar refractivity (Wildman–Crippen MR) is 358 cm³/mol. The van der Waals surface area contributed by atoms with Crippen LogP contribution in [0.1, 0.15) is 322 Å². The molecule has 0 fully saturated rings. The molecule has 0 aromatic rings. The quantitative estimate of drug-likeness (QED) is 0.0264. The normalized spacial score (nSPS) is 13.5. The van der Waals surface area contributed by atoms with Gasteiger partial charge < -0.3 is 20.1 Å². The molecule has 0 aliphatic heterocycles. The third-order valence-corrected chi connectivity index (χ3v) is 15.9. The zero-order valence-electron chi connectivity index (χ0n) is 53.9. The number of ether oxygens (including phenoxy) is 2. The third kappa shape index (κ3) is 67.9. The summed E-state index contributed by atoms with van der Waals surface area (Å²) >= 11 is 0. The molecule has 0 aromatic heterocycles. The number of carbonyl (C=O) groups excluding carboxylic acids is 2. The van der Waals surface area contributed by atoms with Crippen molar-refractivity contribution in [2.75, 3.05) is 26.4 Å². The van der Waals surface area contributed by atoms with Gasteiger partial charge in [0.1, 0.15) is 6.61 Å². The fourth-order valence-corrected chi connectivity index (χ4v) is 10.6. The first-order valence-electron chi connectivity index (χ1n) is 34.7. The topological polar surface area (TPSA) is 134 Å². The summed E-state index contributed by atoms with van der Waals surface area (Å²) in [5.74, 6) is -0.822. The Morgan fingerprint density at radius 2 is 0.663 bits per heavy atom. The van der Waals surface area contributed by atoms with Crippen molar-refractivity contribution in [1.29, 1.82) is 0 Å². The van der Waals surface area contributed by atoms with Gasteiger partial charge in [0.15, 0.2) is 6.10 Å². The average molecular weight is 1180 g/mol. The Kier molecular flexibility index (Phi) is 65.5. The van der Waals surface area contributed by atoms with Crippen LogP contribution in [0.15, 0.2) is 97.2 Å². The van der Waals surface area contributed by atoms with E-state index < -0.39 is 26.5 Å². The third-order valence-electron chi connectivity index (χ3n) is 15.0. The number of hydrogen-bond acceptors (Lipinski definition) is 8. The first kappa shape index (κ1) is 79.9. The van der Waals surface area contributed by atoms with Gasteiger partial charge in [-0.05, 0) is 96.3 Å². The van der Waals surface area contributed by atoms with Gasteiger partial charge in [-0.2, -0.15) is 0 Å². The Morgan fingerprint density at radius 1 is 0.373 bits per heavy atom. The smallest absolute Gasteiger partial charge is 0.462 e. The molecule has 2 unspecified atom stereocenters. The minimum Gasteiger partial charge on any atom is -0.462 e. The maximum atomic E-state index is 12.8. The molecule has 0 aliphatic carbocycles. The molecule has 10 heteroatoms. The highest BCUT2D eigenvalue weighted by Gasteiger charge is 2.26. The van der Waals surface area contributed by atoms with Crippen molar-refractivity contribution in [2.45, 2.75) is 328 Å². The molecule has 0 amide bonds. The minimum absolute atomic E-state index is 0.0512. The Hall–Kier alpha value is -3.07. The number of phosphoric acid groups is 1. The first-order chi connectivity index (χ1) is 40.8. The maximum Gasteiger partial charge on any atom is 0.472 e. The Bertz CT molecular complexity index is 1680. The van der Waals surface area contributed by atoms with Crippen molar-refractivity contribution in [2.24, 2.45) is 5.73 Å². The minimum atomic E-state index is -4.40. The summed E-state index contributed by atoms with van der Waals surface area (Å²) in [6, 6.07) is 0. The van der Waals surface area contributed by atoms with E-state index in [0.717, 1.165) is 83.5 Å². The summed E-state index contributed by atoms with van der Waals surface area (Å²) in [5.41, 5.74) is 5.40. The lowest BCUT2D eigenvalue weighted by Gasteiger charge is -2.19. The van der Waals surface area contributed by atoms with Crippen LogP contribution < -0.4 is 5.73 Å². The molecule has 0 bridgehead atoms. The number of unbranched alkanes of at least 4 members (excludes halogenated alkanes) is 36. The highest BCUT2D eigenvalue weighted by molar-refractivity contribution is 7.47. The van der Waals surface area contributed by atoms with Crippen LogP contribution >= 0.6 is 7.82 Å². The van der Waals surface area contributed by atoms with Crippen molar-refractivity contribution >= 4 is 19.8 Å². The zero-order valence-corrected chi connectivity index (χ0v) is 54.8. The van der Waals surface area contributed by atoms with E-state index in [9.17, 15) is 19.0 Å². The van der Waals surface area contributed by atoms with Crippen LogP contribution in [0.5, 0.6) is 0 Å². The maximum absolute atomic E-state index is 12.8. The largest absolute Gasteiger partial charge is 0.472 e. The molecule has 480 valence electrons.